The van der Waals surface area contributed by atoms with Gasteiger partial charge in [-0.05, 0) is 54.9 Å². The van der Waals surface area contributed by atoms with E-state index in [2.05, 4.69) is 10.6 Å². The molecular formula is C27H36N4O4. The summed E-state index contributed by atoms with van der Waals surface area (Å²) in [6.45, 7) is 6.05. The molecule has 5 atom stereocenters. The van der Waals surface area contributed by atoms with Crippen LogP contribution >= 0.6 is 0 Å². The molecule has 1 heterocycles. The summed E-state index contributed by atoms with van der Waals surface area (Å²) < 4.78 is 5.52. The van der Waals surface area contributed by atoms with E-state index < -0.39 is 12.1 Å². The van der Waals surface area contributed by atoms with Crippen molar-refractivity contribution < 1.29 is 19.1 Å². The minimum Gasteiger partial charge on any atom is -0.496 e. The molecule has 2 aromatic carbocycles. The van der Waals surface area contributed by atoms with Crippen LogP contribution in [0, 0.1) is 11.8 Å². The molecule has 1 saturated carbocycles. The van der Waals surface area contributed by atoms with E-state index in [0.717, 1.165) is 30.0 Å². The predicted octanol–water partition coefficient (Wildman–Crippen LogP) is 2.45. The van der Waals surface area contributed by atoms with Crippen LogP contribution in [0.4, 0.5) is 0 Å². The molecule has 1 saturated heterocycles. The number of ether oxygens (including phenoxy) is 1. The lowest BCUT2D eigenvalue weighted by Crippen LogP contribution is -2.58. The number of nitrogens with two attached hydrogens (primary N) is 1. The number of hydrogen-bond donors (Lipinski definition) is 3. The van der Waals surface area contributed by atoms with E-state index in [1.807, 2.05) is 55.1 Å². The number of fused-ring (bicyclic) bond motifs is 2. The minimum absolute atomic E-state index is 0.0846. The SMILES string of the molecule is COc1ccc2ccccc2c1C(=O)NC1CCC2CCN(C(=O)[C@@H](NC(=O)[C@H](C)N)C(C)C)C21. The second-order valence-corrected chi connectivity index (χ2v) is 10.1. The average Bonchev–Trinajstić information content (AvgIpc) is 3.43. The molecule has 2 fully saturated rings. The van der Waals surface area contributed by atoms with Gasteiger partial charge >= 0.3 is 0 Å². The van der Waals surface area contributed by atoms with Crippen LogP contribution < -0.4 is 21.1 Å². The standard InChI is InChI=1S/C27H36N4O4/c1-15(2)23(30-25(32)16(3)28)27(34)31-14-13-18-9-11-20(24(18)31)29-26(33)22-19-8-6-5-7-17(19)10-12-21(22)35-4/h5-8,10,12,15-16,18,20,23-24H,9,11,13-14,28H2,1-4H3,(H,29,33)(H,30,32)/t16-,18?,20?,23-,24?/m0/s1. The molecule has 4 rings (SSSR count). The van der Waals surface area contributed by atoms with E-state index in [0.29, 0.717) is 23.8 Å². The first-order valence-electron chi connectivity index (χ1n) is 12.5. The topological polar surface area (TPSA) is 114 Å². The van der Waals surface area contributed by atoms with Gasteiger partial charge < -0.3 is 26.0 Å². The fraction of sp³-hybridized carbons (Fsp3) is 0.519. The van der Waals surface area contributed by atoms with Gasteiger partial charge in [-0.25, -0.2) is 0 Å². The Bertz CT molecular complexity index is 1120. The van der Waals surface area contributed by atoms with Gasteiger partial charge in [-0.2, -0.15) is 0 Å². The third kappa shape index (κ3) is 4.85. The first kappa shape index (κ1) is 25.0. The van der Waals surface area contributed by atoms with E-state index in [1.54, 1.807) is 14.0 Å². The monoisotopic (exact) mass is 480 g/mol. The highest BCUT2D eigenvalue weighted by Crippen LogP contribution is 2.39. The number of carbonyl (C=O) groups excluding carboxylic acids is 3. The summed E-state index contributed by atoms with van der Waals surface area (Å²) in [7, 11) is 1.56. The fourth-order valence-electron chi connectivity index (χ4n) is 5.59. The van der Waals surface area contributed by atoms with Crippen LogP contribution in [0.15, 0.2) is 36.4 Å². The maximum absolute atomic E-state index is 13.6. The van der Waals surface area contributed by atoms with Crippen LogP contribution in [0.25, 0.3) is 10.8 Å². The number of nitrogens with one attached hydrogen (secondary N) is 2. The number of rotatable bonds is 7. The summed E-state index contributed by atoms with van der Waals surface area (Å²) in [5.41, 5.74) is 6.23. The minimum atomic E-state index is -0.690. The van der Waals surface area contributed by atoms with Crippen LogP contribution in [-0.4, -0.2) is 60.4 Å². The van der Waals surface area contributed by atoms with Crippen molar-refractivity contribution >= 4 is 28.5 Å². The number of benzene rings is 2. The number of methoxy groups -OCH3 is 1. The maximum atomic E-state index is 13.6. The number of nitrogens with zero attached hydrogens (tertiary/aromatic N) is 1. The lowest BCUT2D eigenvalue weighted by atomic mass is 9.99. The predicted molar refractivity (Wildman–Crippen MR) is 135 cm³/mol. The van der Waals surface area contributed by atoms with Crippen LogP contribution in [-0.2, 0) is 9.59 Å². The molecule has 0 radical (unpaired) electrons. The molecule has 0 spiro atoms. The van der Waals surface area contributed by atoms with Crippen molar-refractivity contribution in [3.05, 3.63) is 42.0 Å². The van der Waals surface area contributed by atoms with Crippen LogP contribution in [0.2, 0.25) is 0 Å². The quantitative estimate of drug-likeness (QED) is 0.563. The molecule has 2 aromatic rings. The summed E-state index contributed by atoms with van der Waals surface area (Å²) in [5.74, 6) is 0.120. The summed E-state index contributed by atoms with van der Waals surface area (Å²) in [4.78, 5) is 41.3. The van der Waals surface area contributed by atoms with Gasteiger partial charge in [-0.1, -0.05) is 44.2 Å². The Morgan fingerprint density at radius 3 is 2.49 bits per heavy atom. The Balaban J connectivity index is 1.57. The molecule has 188 valence electrons. The van der Waals surface area contributed by atoms with Crippen molar-refractivity contribution in [2.45, 2.75) is 64.2 Å². The third-order valence-corrected chi connectivity index (χ3v) is 7.43. The van der Waals surface area contributed by atoms with E-state index >= 15 is 0 Å². The molecule has 0 bridgehead atoms. The molecule has 2 aliphatic rings. The second-order valence-electron chi connectivity index (χ2n) is 10.1. The van der Waals surface area contributed by atoms with E-state index in [-0.39, 0.29) is 35.7 Å². The molecule has 1 aliphatic heterocycles. The van der Waals surface area contributed by atoms with Gasteiger partial charge in [0, 0.05) is 12.6 Å². The van der Waals surface area contributed by atoms with Crippen molar-refractivity contribution in [1.29, 1.82) is 0 Å². The average molecular weight is 481 g/mol. The molecule has 8 nitrogen and oxygen atoms in total. The molecular weight excluding hydrogens is 444 g/mol. The van der Waals surface area contributed by atoms with E-state index in [4.69, 9.17) is 10.5 Å². The van der Waals surface area contributed by atoms with E-state index in [1.165, 1.54) is 0 Å². The Labute approximate surface area is 206 Å². The Morgan fingerprint density at radius 2 is 1.80 bits per heavy atom. The zero-order chi connectivity index (χ0) is 25.3. The first-order chi connectivity index (χ1) is 16.7. The Kier molecular flexibility index (Phi) is 7.31. The lowest BCUT2D eigenvalue weighted by molar-refractivity contribution is -0.139. The number of carbonyl (C=O) groups is 3. The first-order valence-corrected chi connectivity index (χ1v) is 12.5. The summed E-state index contributed by atoms with van der Waals surface area (Å²) in [6, 6.07) is 9.89. The molecule has 35 heavy (non-hydrogen) atoms. The maximum Gasteiger partial charge on any atom is 0.255 e. The zero-order valence-corrected chi connectivity index (χ0v) is 20.9. The smallest absolute Gasteiger partial charge is 0.255 e. The van der Waals surface area contributed by atoms with E-state index in [9.17, 15) is 14.4 Å². The molecule has 0 aromatic heterocycles. The molecule has 3 amide bonds. The Morgan fingerprint density at radius 1 is 1.06 bits per heavy atom. The van der Waals surface area contributed by atoms with Gasteiger partial charge in [0.1, 0.15) is 11.8 Å². The summed E-state index contributed by atoms with van der Waals surface area (Å²) >= 11 is 0. The summed E-state index contributed by atoms with van der Waals surface area (Å²) in [6.07, 6.45) is 2.65. The van der Waals surface area contributed by atoms with Gasteiger partial charge in [0.2, 0.25) is 11.8 Å². The highest BCUT2D eigenvalue weighted by atomic mass is 16.5. The zero-order valence-electron chi connectivity index (χ0n) is 20.9. The highest BCUT2D eigenvalue weighted by Gasteiger charge is 2.48. The van der Waals surface area contributed by atoms with Crippen LogP contribution in [0.1, 0.15) is 50.4 Å². The molecule has 3 unspecified atom stereocenters. The molecule has 1 aliphatic carbocycles. The van der Waals surface area contributed by atoms with Crippen LogP contribution in [0.5, 0.6) is 5.75 Å². The van der Waals surface area contributed by atoms with Gasteiger partial charge in [0.15, 0.2) is 0 Å². The molecule has 4 N–H and O–H groups in total. The third-order valence-electron chi connectivity index (χ3n) is 7.43. The normalized spacial score (nSPS) is 23.1. The van der Waals surface area contributed by atoms with Gasteiger partial charge in [-0.15, -0.1) is 0 Å². The summed E-state index contributed by atoms with van der Waals surface area (Å²) in [5, 5.41) is 7.85. The second kappa shape index (κ2) is 10.2. The van der Waals surface area contributed by atoms with Crippen molar-refractivity contribution in [3.63, 3.8) is 0 Å². The number of hydrogen-bond acceptors (Lipinski definition) is 5. The van der Waals surface area contributed by atoms with Gasteiger partial charge in [-0.3, -0.25) is 14.4 Å². The van der Waals surface area contributed by atoms with Crippen molar-refractivity contribution in [2.24, 2.45) is 17.6 Å². The number of amides is 3. The van der Waals surface area contributed by atoms with Gasteiger partial charge in [0.05, 0.1) is 24.8 Å². The van der Waals surface area contributed by atoms with Crippen molar-refractivity contribution in [3.8, 4) is 5.75 Å². The fourth-order valence-corrected chi connectivity index (χ4v) is 5.59. The lowest BCUT2D eigenvalue weighted by Gasteiger charge is -2.34. The van der Waals surface area contributed by atoms with Crippen molar-refractivity contribution in [2.75, 3.05) is 13.7 Å². The van der Waals surface area contributed by atoms with Gasteiger partial charge in [0.25, 0.3) is 5.91 Å². The largest absolute Gasteiger partial charge is 0.496 e. The number of likely N-dealkylation sites (tertiary alicyclic amines) is 1. The molecule has 8 heteroatoms. The van der Waals surface area contributed by atoms with Crippen molar-refractivity contribution in [1.82, 2.24) is 15.5 Å². The van der Waals surface area contributed by atoms with Crippen LogP contribution in [0.3, 0.4) is 0 Å². The highest BCUT2D eigenvalue weighted by molar-refractivity contribution is 6.09. The Hall–Kier alpha value is -3.13.